The molecule has 13 heavy (non-hydrogen) atoms. The molecule has 0 aliphatic heterocycles. The van der Waals surface area contributed by atoms with E-state index in [0.717, 1.165) is 5.69 Å². The van der Waals surface area contributed by atoms with Crippen LogP contribution in [0.3, 0.4) is 0 Å². The van der Waals surface area contributed by atoms with Gasteiger partial charge in [-0.25, -0.2) is 0 Å². The van der Waals surface area contributed by atoms with E-state index in [1.54, 1.807) is 6.20 Å². The molecule has 0 amide bonds. The Hall–Kier alpha value is -0.930. The monoisotopic (exact) mass is 180 g/mol. The maximum Gasteiger partial charge on any atom is 0.0576 e. The van der Waals surface area contributed by atoms with E-state index >= 15 is 0 Å². The minimum absolute atomic E-state index is 0.157. The minimum atomic E-state index is 0.157. The summed E-state index contributed by atoms with van der Waals surface area (Å²) in [6.45, 7) is 2.22. The fourth-order valence-electron chi connectivity index (χ4n) is 1.32. The standard InChI is InChI=1S/C10H16N2O/c1-8-3-5-12-10(7-8)9(11-2)4-6-13/h3,5,7,9,11,13H,4,6H2,1-2H3/t9-/m0/s1. The van der Waals surface area contributed by atoms with Crippen molar-refractivity contribution >= 4 is 0 Å². The maximum atomic E-state index is 8.83. The van der Waals surface area contributed by atoms with E-state index in [2.05, 4.69) is 10.3 Å². The number of hydrogen-bond donors (Lipinski definition) is 2. The van der Waals surface area contributed by atoms with Crippen molar-refractivity contribution in [3.63, 3.8) is 0 Å². The molecule has 1 rings (SSSR count). The Morgan fingerprint density at radius 3 is 2.92 bits per heavy atom. The Kier molecular flexibility index (Phi) is 3.86. The summed E-state index contributed by atoms with van der Waals surface area (Å²) in [5, 5.41) is 12.0. The average molecular weight is 180 g/mol. The normalized spacial score (nSPS) is 12.8. The molecule has 0 aromatic carbocycles. The molecule has 0 aliphatic carbocycles. The van der Waals surface area contributed by atoms with E-state index in [-0.39, 0.29) is 12.6 Å². The number of aromatic nitrogens is 1. The van der Waals surface area contributed by atoms with E-state index in [1.165, 1.54) is 5.56 Å². The zero-order chi connectivity index (χ0) is 9.68. The molecule has 0 radical (unpaired) electrons. The Bertz CT molecular complexity index is 263. The molecule has 0 saturated heterocycles. The minimum Gasteiger partial charge on any atom is -0.396 e. The van der Waals surface area contributed by atoms with Gasteiger partial charge in [0.25, 0.3) is 0 Å². The summed E-state index contributed by atoms with van der Waals surface area (Å²) in [5.41, 5.74) is 2.19. The predicted molar refractivity (Wildman–Crippen MR) is 52.5 cm³/mol. The van der Waals surface area contributed by atoms with Crippen LogP contribution in [0.2, 0.25) is 0 Å². The van der Waals surface area contributed by atoms with Gasteiger partial charge in [0.2, 0.25) is 0 Å². The highest BCUT2D eigenvalue weighted by atomic mass is 16.3. The first-order valence-electron chi connectivity index (χ1n) is 4.48. The van der Waals surface area contributed by atoms with Crippen LogP contribution in [0.5, 0.6) is 0 Å². The van der Waals surface area contributed by atoms with Crippen molar-refractivity contribution in [2.45, 2.75) is 19.4 Å². The van der Waals surface area contributed by atoms with Gasteiger partial charge >= 0.3 is 0 Å². The number of pyridine rings is 1. The SMILES string of the molecule is CN[C@@H](CCO)c1cc(C)ccn1. The number of aryl methyl sites for hydroxylation is 1. The average Bonchev–Trinajstić information content (AvgIpc) is 2.14. The zero-order valence-corrected chi connectivity index (χ0v) is 8.12. The number of rotatable bonds is 4. The molecule has 0 aliphatic rings. The van der Waals surface area contributed by atoms with Gasteiger partial charge in [-0.3, -0.25) is 4.98 Å². The van der Waals surface area contributed by atoms with Crippen molar-refractivity contribution in [1.82, 2.24) is 10.3 Å². The summed E-state index contributed by atoms with van der Waals surface area (Å²) in [7, 11) is 1.88. The van der Waals surface area contributed by atoms with E-state index in [1.807, 2.05) is 26.1 Å². The van der Waals surface area contributed by atoms with Crippen LogP contribution >= 0.6 is 0 Å². The molecule has 1 heterocycles. The molecule has 3 heteroatoms. The Labute approximate surface area is 78.8 Å². The Balaban J connectivity index is 2.78. The molecule has 0 unspecified atom stereocenters. The van der Waals surface area contributed by atoms with Crippen LogP contribution in [-0.4, -0.2) is 23.7 Å². The summed E-state index contributed by atoms with van der Waals surface area (Å²) < 4.78 is 0. The van der Waals surface area contributed by atoms with Gasteiger partial charge in [-0.2, -0.15) is 0 Å². The molecule has 0 fully saturated rings. The number of nitrogens with zero attached hydrogens (tertiary/aromatic N) is 1. The number of aliphatic hydroxyl groups excluding tert-OH is 1. The summed E-state index contributed by atoms with van der Waals surface area (Å²) in [6, 6.07) is 4.16. The number of hydrogen-bond acceptors (Lipinski definition) is 3. The van der Waals surface area contributed by atoms with E-state index in [0.29, 0.717) is 6.42 Å². The van der Waals surface area contributed by atoms with Crippen molar-refractivity contribution < 1.29 is 5.11 Å². The first-order valence-corrected chi connectivity index (χ1v) is 4.48. The molecule has 1 aromatic heterocycles. The second-order valence-electron chi connectivity index (χ2n) is 3.11. The Morgan fingerprint density at radius 1 is 1.62 bits per heavy atom. The van der Waals surface area contributed by atoms with Crippen molar-refractivity contribution in [3.8, 4) is 0 Å². The number of nitrogens with one attached hydrogen (secondary N) is 1. The van der Waals surface area contributed by atoms with Crippen LogP contribution in [0.25, 0.3) is 0 Å². The largest absolute Gasteiger partial charge is 0.396 e. The molecule has 1 atom stereocenters. The molecule has 1 aromatic rings. The van der Waals surface area contributed by atoms with E-state index in [9.17, 15) is 0 Å². The third kappa shape index (κ3) is 2.79. The highest BCUT2D eigenvalue weighted by Crippen LogP contribution is 2.13. The van der Waals surface area contributed by atoms with Gasteiger partial charge in [0.05, 0.1) is 11.7 Å². The zero-order valence-electron chi connectivity index (χ0n) is 8.12. The van der Waals surface area contributed by atoms with Gasteiger partial charge in [-0.1, -0.05) is 0 Å². The summed E-state index contributed by atoms with van der Waals surface area (Å²) in [4.78, 5) is 4.26. The van der Waals surface area contributed by atoms with Gasteiger partial charge in [-0.05, 0) is 38.1 Å². The highest BCUT2D eigenvalue weighted by Gasteiger charge is 2.08. The second kappa shape index (κ2) is 4.94. The molecular weight excluding hydrogens is 164 g/mol. The second-order valence-corrected chi connectivity index (χ2v) is 3.11. The maximum absolute atomic E-state index is 8.83. The molecule has 72 valence electrons. The van der Waals surface area contributed by atoms with Crippen molar-refractivity contribution in [2.24, 2.45) is 0 Å². The van der Waals surface area contributed by atoms with Crippen LogP contribution in [0, 0.1) is 6.92 Å². The van der Waals surface area contributed by atoms with Crippen molar-refractivity contribution in [1.29, 1.82) is 0 Å². The number of aliphatic hydroxyl groups is 1. The van der Waals surface area contributed by atoms with Crippen molar-refractivity contribution in [3.05, 3.63) is 29.6 Å². The first kappa shape index (κ1) is 10.2. The van der Waals surface area contributed by atoms with Crippen LogP contribution in [0.1, 0.15) is 23.7 Å². The van der Waals surface area contributed by atoms with Gasteiger partial charge < -0.3 is 10.4 Å². The van der Waals surface area contributed by atoms with Gasteiger partial charge in [0.1, 0.15) is 0 Å². The summed E-state index contributed by atoms with van der Waals surface area (Å²) in [5.74, 6) is 0. The highest BCUT2D eigenvalue weighted by molar-refractivity contribution is 5.17. The quantitative estimate of drug-likeness (QED) is 0.727. The van der Waals surface area contributed by atoms with Gasteiger partial charge in [0.15, 0.2) is 0 Å². The lowest BCUT2D eigenvalue weighted by molar-refractivity contribution is 0.267. The molecule has 0 spiro atoms. The molecular formula is C10H16N2O. The third-order valence-electron chi connectivity index (χ3n) is 2.06. The molecule has 0 saturated carbocycles. The summed E-state index contributed by atoms with van der Waals surface area (Å²) in [6.07, 6.45) is 2.50. The van der Waals surface area contributed by atoms with Gasteiger partial charge in [0, 0.05) is 12.8 Å². The Morgan fingerprint density at radius 2 is 2.38 bits per heavy atom. The molecule has 0 bridgehead atoms. The topological polar surface area (TPSA) is 45.1 Å². The lowest BCUT2D eigenvalue weighted by atomic mass is 10.1. The lowest BCUT2D eigenvalue weighted by Gasteiger charge is -2.14. The van der Waals surface area contributed by atoms with Crippen LogP contribution in [-0.2, 0) is 0 Å². The van der Waals surface area contributed by atoms with Gasteiger partial charge in [-0.15, -0.1) is 0 Å². The van der Waals surface area contributed by atoms with Crippen molar-refractivity contribution in [2.75, 3.05) is 13.7 Å². The van der Waals surface area contributed by atoms with E-state index in [4.69, 9.17) is 5.11 Å². The molecule has 2 N–H and O–H groups in total. The lowest BCUT2D eigenvalue weighted by Crippen LogP contribution is -2.18. The third-order valence-corrected chi connectivity index (χ3v) is 2.06. The van der Waals surface area contributed by atoms with Crippen LogP contribution in [0.15, 0.2) is 18.3 Å². The van der Waals surface area contributed by atoms with E-state index < -0.39 is 0 Å². The first-order chi connectivity index (χ1) is 6.27. The summed E-state index contributed by atoms with van der Waals surface area (Å²) >= 11 is 0. The fraction of sp³-hybridized carbons (Fsp3) is 0.500. The van der Waals surface area contributed by atoms with Crippen LogP contribution in [0.4, 0.5) is 0 Å². The fourth-order valence-corrected chi connectivity index (χ4v) is 1.32. The predicted octanol–water partition coefficient (Wildman–Crippen LogP) is 1.03. The van der Waals surface area contributed by atoms with Crippen LogP contribution < -0.4 is 5.32 Å². The molecule has 3 nitrogen and oxygen atoms in total. The smallest absolute Gasteiger partial charge is 0.0576 e.